The van der Waals surface area contributed by atoms with Crippen LogP contribution in [0.25, 0.3) is 0 Å². The molecule has 0 rings (SSSR count). The van der Waals surface area contributed by atoms with Crippen LogP contribution in [0.5, 0.6) is 0 Å². The monoisotopic (exact) mass is 127 g/mol. The van der Waals surface area contributed by atoms with Gasteiger partial charge in [-0.2, -0.15) is 0 Å². The molecule has 0 bridgehead atoms. The van der Waals surface area contributed by atoms with Crippen molar-refractivity contribution in [3.05, 3.63) is 0 Å². The fraction of sp³-hybridized carbons (Fsp3) is 1.00. The van der Waals surface area contributed by atoms with Gasteiger partial charge in [-0.1, -0.05) is 11.8 Å². The van der Waals surface area contributed by atoms with Gasteiger partial charge in [0, 0.05) is 7.11 Å². The lowest BCUT2D eigenvalue weighted by Crippen LogP contribution is -1.98. The average molecular weight is 127 g/mol. The van der Waals surface area contributed by atoms with Crippen molar-refractivity contribution < 1.29 is 14.3 Å². The van der Waals surface area contributed by atoms with E-state index in [1.165, 1.54) is 0 Å². The molecule has 0 aliphatic rings. The number of hydrogen-bond donors (Lipinski definition) is 1. The molecular formula is CH4O3PS-. The van der Waals surface area contributed by atoms with Crippen LogP contribution in [0, 0.1) is 0 Å². The summed E-state index contributed by atoms with van der Waals surface area (Å²) in [4.78, 5) is 17.7. The molecule has 1 N–H and O–H groups in total. The summed E-state index contributed by atoms with van der Waals surface area (Å²) >= 11 is 3.87. The molecule has 6 heavy (non-hydrogen) atoms. The molecule has 0 heterocycles. The van der Waals surface area contributed by atoms with E-state index in [0.717, 1.165) is 7.11 Å². The van der Waals surface area contributed by atoms with Crippen LogP contribution in [-0.4, -0.2) is 12.0 Å². The Morgan fingerprint density at radius 3 is 2.17 bits per heavy atom. The summed E-state index contributed by atoms with van der Waals surface area (Å²) < 4.78 is 3.86. The fourth-order valence-electron chi connectivity index (χ4n) is 0. The summed E-state index contributed by atoms with van der Waals surface area (Å²) in [5.41, 5.74) is 0. The fourth-order valence-corrected chi connectivity index (χ4v) is 0. The summed E-state index contributed by atoms with van der Waals surface area (Å²) in [6.07, 6.45) is 0. The van der Waals surface area contributed by atoms with E-state index in [0.29, 0.717) is 0 Å². The minimum Gasteiger partial charge on any atom is -0.780 e. The summed E-state index contributed by atoms with van der Waals surface area (Å²) in [6, 6.07) is 0. The molecule has 0 amide bonds. The van der Waals surface area contributed by atoms with E-state index in [9.17, 15) is 4.89 Å². The Hall–Kier alpha value is 0.530. The van der Waals surface area contributed by atoms with Crippen LogP contribution in [0.3, 0.4) is 0 Å². The zero-order chi connectivity index (χ0) is 5.21. The lowest BCUT2D eigenvalue weighted by Gasteiger charge is -2.15. The van der Waals surface area contributed by atoms with Crippen LogP contribution in [0.15, 0.2) is 0 Å². The standard InChI is InChI=1S/CH5O3PS/c1-4-5(2,3)6/h1H3,(H2,2,3,6)/p-1. The van der Waals surface area contributed by atoms with Gasteiger partial charge in [0.1, 0.15) is 6.72 Å². The van der Waals surface area contributed by atoms with Gasteiger partial charge in [0.15, 0.2) is 0 Å². The van der Waals surface area contributed by atoms with E-state index in [4.69, 9.17) is 4.89 Å². The highest BCUT2D eigenvalue weighted by Crippen LogP contribution is 2.28. The molecule has 0 aromatic heterocycles. The topological polar surface area (TPSA) is 52.5 Å². The first-order valence-electron chi connectivity index (χ1n) is 1.16. The lowest BCUT2D eigenvalue weighted by molar-refractivity contribution is -0.199. The van der Waals surface area contributed by atoms with Crippen LogP contribution in [0.2, 0.25) is 0 Å². The Balaban J connectivity index is 3.48. The van der Waals surface area contributed by atoms with Gasteiger partial charge in [0.05, 0.1) is 0 Å². The molecule has 1 unspecified atom stereocenters. The predicted molar refractivity (Wildman–Crippen MR) is 23.5 cm³/mol. The van der Waals surface area contributed by atoms with Crippen molar-refractivity contribution in [2.24, 2.45) is 0 Å². The summed E-state index contributed by atoms with van der Waals surface area (Å²) in [6.45, 7) is -3.56. The van der Waals surface area contributed by atoms with Crippen molar-refractivity contribution >= 4 is 18.5 Å². The molecule has 0 saturated carbocycles. The second-order valence-electron chi connectivity index (χ2n) is 0.651. The second kappa shape index (κ2) is 2.00. The van der Waals surface area contributed by atoms with E-state index >= 15 is 0 Å². The third kappa shape index (κ3) is 4.53. The van der Waals surface area contributed by atoms with Crippen LogP contribution in [0.4, 0.5) is 0 Å². The largest absolute Gasteiger partial charge is 0.780 e. The van der Waals surface area contributed by atoms with E-state index in [-0.39, 0.29) is 0 Å². The van der Waals surface area contributed by atoms with Gasteiger partial charge >= 0.3 is 0 Å². The van der Waals surface area contributed by atoms with Crippen molar-refractivity contribution in [2.45, 2.75) is 0 Å². The molecule has 0 aromatic carbocycles. The smallest absolute Gasteiger partial charge is 0.112 e. The lowest BCUT2D eigenvalue weighted by atomic mass is 11.8. The first-order valence-corrected chi connectivity index (χ1v) is 3.75. The molecule has 38 valence electrons. The molecule has 1 atom stereocenters. The maximum atomic E-state index is 9.73. The van der Waals surface area contributed by atoms with Crippen LogP contribution >= 0.6 is 6.72 Å². The van der Waals surface area contributed by atoms with Gasteiger partial charge in [-0.05, 0) is 0 Å². The highest BCUT2D eigenvalue weighted by molar-refractivity contribution is 8.06. The maximum absolute atomic E-state index is 9.73. The SMILES string of the molecule is COP([O-])(O)=S. The molecule has 0 aliphatic carbocycles. The van der Waals surface area contributed by atoms with E-state index in [1.807, 2.05) is 0 Å². The van der Waals surface area contributed by atoms with Crippen molar-refractivity contribution in [3.8, 4) is 0 Å². The Labute approximate surface area is 40.8 Å². The molecule has 5 heteroatoms. The van der Waals surface area contributed by atoms with Crippen LogP contribution < -0.4 is 4.89 Å². The second-order valence-corrected chi connectivity index (χ2v) is 3.34. The third-order valence-electron chi connectivity index (χ3n) is 0.231. The molecule has 0 aliphatic heterocycles. The van der Waals surface area contributed by atoms with E-state index in [1.54, 1.807) is 0 Å². The van der Waals surface area contributed by atoms with Gasteiger partial charge in [0.25, 0.3) is 0 Å². The maximum Gasteiger partial charge on any atom is 0.112 e. The van der Waals surface area contributed by atoms with Crippen molar-refractivity contribution in [3.63, 3.8) is 0 Å². The van der Waals surface area contributed by atoms with Crippen molar-refractivity contribution in [1.82, 2.24) is 0 Å². The highest BCUT2D eigenvalue weighted by atomic mass is 32.5. The number of rotatable bonds is 1. The van der Waals surface area contributed by atoms with E-state index in [2.05, 4.69) is 16.3 Å². The van der Waals surface area contributed by atoms with E-state index < -0.39 is 6.72 Å². The zero-order valence-corrected chi connectivity index (χ0v) is 4.83. The molecule has 0 aromatic rings. The molecule has 0 saturated heterocycles. The number of hydrogen-bond acceptors (Lipinski definition) is 3. The molecule has 3 nitrogen and oxygen atoms in total. The van der Waals surface area contributed by atoms with Gasteiger partial charge in [-0.15, -0.1) is 0 Å². The van der Waals surface area contributed by atoms with Gasteiger partial charge in [0.2, 0.25) is 0 Å². The summed E-state index contributed by atoms with van der Waals surface area (Å²) in [7, 11) is 1.09. The van der Waals surface area contributed by atoms with Crippen molar-refractivity contribution in [2.75, 3.05) is 7.11 Å². The summed E-state index contributed by atoms with van der Waals surface area (Å²) in [5.74, 6) is 0. The average Bonchev–Trinajstić information content (AvgIpc) is 1.35. The molecular weight excluding hydrogens is 123 g/mol. The minimum atomic E-state index is -3.56. The van der Waals surface area contributed by atoms with Gasteiger partial charge < -0.3 is 14.3 Å². The first kappa shape index (κ1) is 6.53. The predicted octanol–water partition coefficient (Wildman–Crippen LogP) is -0.790. The van der Waals surface area contributed by atoms with Gasteiger partial charge in [-0.25, -0.2) is 0 Å². The molecule has 0 fully saturated rings. The Kier molecular flexibility index (Phi) is 2.18. The third-order valence-corrected chi connectivity index (χ3v) is 1.14. The molecule has 0 spiro atoms. The van der Waals surface area contributed by atoms with Crippen molar-refractivity contribution in [1.29, 1.82) is 0 Å². The highest BCUT2D eigenvalue weighted by Gasteiger charge is 1.84. The zero-order valence-electron chi connectivity index (χ0n) is 3.12. The molecule has 0 radical (unpaired) electrons. The quantitative estimate of drug-likeness (QED) is 0.469. The van der Waals surface area contributed by atoms with Crippen LogP contribution in [-0.2, 0) is 16.3 Å². The minimum absolute atomic E-state index is 1.09. The van der Waals surface area contributed by atoms with Crippen LogP contribution in [0.1, 0.15) is 0 Å². The normalized spacial score (nSPS) is 19.8. The Morgan fingerprint density at radius 1 is 2.00 bits per heavy atom. The Morgan fingerprint density at radius 2 is 2.17 bits per heavy atom. The van der Waals surface area contributed by atoms with Gasteiger partial charge in [-0.3, -0.25) is 0 Å². The first-order chi connectivity index (χ1) is 2.56. The summed E-state index contributed by atoms with van der Waals surface area (Å²) in [5, 5.41) is 0. The Bertz CT molecular complexity index is 74.9.